The molecule has 0 saturated heterocycles. The molecule has 8 nitrogen and oxygen atoms in total. The molecule has 2 aromatic carbocycles. The van der Waals surface area contributed by atoms with Crippen molar-refractivity contribution < 1.29 is 37.4 Å². The fourth-order valence-electron chi connectivity index (χ4n) is 4.05. The van der Waals surface area contributed by atoms with E-state index >= 15 is 0 Å². The van der Waals surface area contributed by atoms with Crippen molar-refractivity contribution in [3.8, 4) is 22.6 Å². The molecule has 2 rings (SSSR count). The first-order chi connectivity index (χ1) is 17.1. The molecule has 2 N–H and O–H groups in total. The molecule has 10 heteroatoms. The highest BCUT2D eigenvalue weighted by Crippen LogP contribution is 2.43. The van der Waals surface area contributed by atoms with Crippen molar-refractivity contribution in [3.63, 3.8) is 0 Å². The SMILES string of the molecule is CC(C)c1cc(-c2cc(C(C)C)c(OCOP(C)(=O)O)c(C(C)C)c2)cc(C(C)C)c1OCO[PH](=O)O. The maximum atomic E-state index is 11.6. The van der Waals surface area contributed by atoms with Gasteiger partial charge in [-0.1, -0.05) is 55.4 Å². The van der Waals surface area contributed by atoms with Crippen LogP contribution < -0.4 is 9.47 Å². The summed E-state index contributed by atoms with van der Waals surface area (Å²) in [5.74, 6) is 1.88. The fourth-order valence-corrected chi connectivity index (χ4v) is 4.46. The molecule has 0 aliphatic rings. The van der Waals surface area contributed by atoms with Gasteiger partial charge in [0.2, 0.25) is 0 Å². The van der Waals surface area contributed by atoms with E-state index in [4.69, 9.17) is 23.4 Å². The van der Waals surface area contributed by atoms with Gasteiger partial charge in [-0.15, -0.1) is 0 Å². The van der Waals surface area contributed by atoms with Crippen LogP contribution in [0.2, 0.25) is 0 Å². The van der Waals surface area contributed by atoms with E-state index in [1.807, 2.05) is 0 Å². The van der Waals surface area contributed by atoms with Crippen molar-refractivity contribution in [2.75, 3.05) is 20.3 Å². The highest BCUT2D eigenvalue weighted by Gasteiger charge is 2.22. The Morgan fingerprint density at radius 2 is 1.05 bits per heavy atom. The van der Waals surface area contributed by atoms with Crippen LogP contribution in [0, 0.1) is 0 Å². The van der Waals surface area contributed by atoms with Crippen molar-refractivity contribution in [2.45, 2.75) is 79.1 Å². The van der Waals surface area contributed by atoms with Gasteiger partial charge in [-0.3, -0.25) is 18.2 Å². The lowest BCUT2D eigenvalue weighted by molar-refractivity contribution is 0.105. The molecule has 2 unspecified atom stereocenters. The summed E-state index contributed by atoms with van der Waals surface area (Å²) in [6.45, 7) is 17.2. The molecule has 0 aliphatic carbocycles. The number of rotatable bonds is 13. The molecule has 208 valence electrons. The fraction of sp³-hybridized carbons (Fsp3) is 0.556. The van der Waals surface area contributed by atoms with Crippen molar-refractivity contribution in [1.82, 2.24) is 0 Å². The molecule has 0 fully saturated rings. The van der Waals surface area contributed by atoms with Gasteiger partial charge in [0, 0.05) is 6.66 Å². The summed E-state index contributed by atoms with van der Waals surface area (Å²) in [7, 11) is -6.75. The van der Waals surface area contributed by atoms with Gasteiger partial charge in [-0.2, -0.15) is 0 Å². The zero-order chi connectivity index (χ0) is 28.1. The van der Waals surface area contributed by atoms with E-state index < -0.39 is 15.9 Å². The lowest BCUT2D eigenvalue weighted by Crippen LogP contribution is -2.09. The first kappa shape index (κ1) is 31.6. The third-order valence-electron chi connectivity index (χ3n) is 6.00. The van der Waals surface area contributed by atoms with Gasteiger partial charge in [-0.05, 0) is 81.3 Å². The van der Waals surface area contributed by atoms with Gasteiger partial charge >= 0.3 is 15.9 Å². The van der Waals surface area contributed by atoms with Gasteiger partial charge < -0.3 is 19.3 Å². The predicted molar refractivity (Wildman–Crippen MR) is 148 cm³/mol. The number of benzene rings is 2. The van der Waals surface area contributed by atoms with Crippen LogP contribution in [-0.4, -0.2) is 30.0 Å². The Labute approximate surface area is 221 Å². The average Bonchev–Trinajstić information content (AvgIpc) is 2.77. The second kappa shape index (κ2) is 13.4. The normalized spacial score (nSPS) is 14.5. The summed E-state index contributed by atoms with van der Waals surface area (Å²) < 4.78 is 44.2. The molecule has 0 spiro atoms. The van der Waals surface area contributed by atoms with Crippen LogP contribution in [0.15, 0.2) is 24.3 Å². The van der Waals surface area contributed by atoms with E-state index in [1.54, 1.807) is 0 Å². The molecular formula is C27H42O8P2. The zero-order valence-corrected chi connectivity index (χ0v) is 25.2. The third-order valence-corrected chi connectivity index (χ3v) is 6.94. The van der Waals surface area contributed by atoms with Crippen LogP contribution in [0.4, 0.5) is 0 Å². The standard InChI is InChI=1S/C27H42O8P2/c1-16(2)22-10-20(11-23(17(3)4)26(22)32-14-34-36(28)29)21-12-24(18(5)6)27(25(13-21)19(7)8)33-15-35-37(9,30)31/h10-13,16-19,36H,14-15H2,1-9H3,(H,28,29)(H,30,31). The van der Waals surface area contributed by atoms with Crippen molar-refractivity contribution in [3.05, 3.63) is 46.5 Å². The summed E-state index contributed by atoms with van der Waals surface area (Å²) in [6.07, 6.45) is 0. The molecular weight excluding hydrogens is 514 g/mol. The van der Waals surface area contributed by atoms with E-state index in [0.717, 1.165) is 40.0 Å². The van der Waals surface area contributed by atoms with E-state index in [-0.39, 0.29) is 37.3 Å². The summed E-state index contributed by atoms with van der Waals surface area (Å²) >= 11 is 0. The minimum Gasteiger partial charge on any atom is -0.466 e. The second-order valence-corrected chi connectivity index (χ2v) is 13.1. The second-order valence-electron chi connectivity index (χ2n) is 10.5. The smallest absolute Gasteiger partial charge is 0.327 e. The highest BCUT2D eigenvalue weighted by molar-refractivity contribution is 7.51. The monoisotopic (exact) mass is 556 g/mol. The summed E-state index contributed by atoms with van der Waals surface area (Å²) in [5.41, 5.74) is 5.97. The van der Waals surface area contributed by atoms with Gasteiger partial charge in [0.15, 0.2) is 13.6 Å². The quantitative estimate of drug-likeness (QED) is 0.190. The Hall–Kier alpha value is -1.66. The Kier molecular flexibility index (Phi) is 11.4. The molecule has 0 saturated carbocycles. The molecule has 0 bridgehead atoms. The minimum atomic E-state index is -3.66. The molecule has 0 radical (unpaired) electrons. The number of ether oxygens (including phenoxy) is 2. The van der Waals surface area contributed by atoms with Crippen LogP contribution >= 0.6 is 15.9 Å². The van der Waals surface area contributed by atoms with Gasteiger partial charge in [0.05, 0.1) is 0 Å². The average molecular weight is 557 g/mol. The molecule has 0 aliphatic heterocycles. The minimum absolute atomic E-state index is 0.130. The summed E-state index contributed by atoms with van der Waals surface area (Å²) in [4.78, 5) is 18.5. The molecule has 2 aromatic rings. The van der Waals surface area contributed by atoms with E-state index in [0.29, 0.717) is 11.5 Å². The van der Waals surface area contributed by atoms with Crippen LogP contribution in [-0.2, 0) is 18.2 Å². The maximum Gasteiger partial charge on any atom is 0.327 e. The molecule has 0 heterocycles. The Morgan fingerprint density at radius 3 is 1.32 bits per heavy atom. The molecule has 37 heavy (non-hydrogen) atoms. The summed E-state index contributed by atoms with van der Waals surface area (Å²) in [5, 5.41) is 0. The summed E-state index contributed by atoms with van der Waals surface area (Å²) in [6, 6.07) is 8.39. The Morgan fingerprint density at radius 1 is 0.730 bits per heavy atom. The van der Waals surface area contributed by atoms with Gasteiger partial charge in [0.25, 0.3) is 0 Å². The van der Waals surface area contributed by atoms with Crippen LogP contribution in [0.3, 0.4) is 0 Å². The third kappa shape index (κ3) is 8.95. The van der Waals surface area contributed by atoms with Gasteiger partial charge in [0.1, 0.15) is 11.5 Å². The largest absolute Gasteiger partial charge is 0.466 e. The first-order valence-corrected chi connectivity index (χ1v) is 15.8. The van der Waals surface area contributed by atoms with Crippen LogP contribution in [0.1, 0.15) is 101 Å². The highest BCUT2D eigenvalue weighted by atomic mass is 31.2. The van der Waals surface area contributed by atoms with Crippen molar-refractivity contribution in [1.29, 1.82) is 0 Å². The Balaban J connectivity index is 2.69. The van der Waals surface area contributed by atoms with Crippen molar-refractivity contribution >= 4 is 15.9 Å². The van der Waals surface area contributed by atoms with E-state index in [9.17, 15) is 14.0 Å². The first-order valence-electron chi connectivity index (χ1n) is 12.5. The number of hydrogen-bond acceptors (Lipinski definition) is 6. The van der Waals surface area contributed by atoms with Crippen LogP contribution in [0.5, 0.6) is 11.5 Å². The maximum absolute atomic E-state index is 11.6. The zero-order valence-electron chi connectivity index (χ0n) is 23.3. The number of hydrogen-bond donors (Lipinski definition) is 2. The van der Waals surface area contributed by atoms with Gasteiger partial charge in [-0.25, -0.2) is 0 Å². The molecule has 0 aromatic heterocycles. The molecule has 0 amide bonds. The lowest BCUT2D eigenvalue weighted by atomic mass is 9.86. The lowest BCUT2D eigenvalue weighted by Gasteiger charge is -2.24. The van der Waals surface area contributed by atoms with E-state index in [2.05, 4.69) is 79.7 Å². The Bertz CT molecular complexity index is 1080. The van der Waals surface area contributed by atoms with E-state index in [1.165, 1.54) is 0 Å². The predicted octanol–water partition coefficient (Wildman–Crippen LogP) is 7.75. The van der Waals surface area contributed by atoms with Crippen molar-refractivity contribution in [2.24, 2.45) is 0 Å². The molecule has 2 atom stereocenters. The topological polar surface area (TPSA) is 112 Å². The van der Waals surface area contributed by atoms with Crippen LogP contribution in [0.25, 0.3) is 11.1 Å².